The third kappa shape index (κ3) is 4.06. The summed E-state index contributed by atoms with van der Waals surface area (Å²) < 4.78 is 0. The first-order chi connectivity index (χ1) is 17.8. The van der Waals surface area contributed by atoms with Crippen molar-refractivity contribution in [1.29, 1.82) is 0 Å². The predicted octanol–water partition coefficient (Wildman–Crippen LogP) is 0.783. The van der Waals surface area contributed by atoms with Crippen molar-refractivity contribution in [2.24, 2.45) is 33.8 Å². The summed E-state index contributed by atoms with van der Waals surface area (Å²) in [6.07, 6.45) is 0.174. The zero-order chi connectivity index (χ0) is 29.5. The highest BCUT2D eigenvalue weighted by molar-refractivity contribution is 6.33. The average Bonchev–Trinajstić information content (AvgIpc) is 2.76. The molecular weight excluding hydrogens is 502 g/mol. The molecule has 0 heterocycles. The number of fused-ring (bicyclic) bond motifs is 3. The van der Waals surface area contributed by atoms with E-state index in [9.17, 15) is 34.2 Å². The van der Waals surface area contributed by atoms with E-state index in [4.69, 9.17) is 5.73 Å². The largest absolute Gasteiger partial charge is 0.507 e. The Balaban J connectivity index is 1.88. The number of nitrogens with two attached hydrogens (primary N) is 1. The van der Waals surface area contributed by atoms with Crippen molar-refractivity contribution >= 4 is 29.0 Å². The van der Waals surface area contributed by atoms with E-state index < -0.39 is 63.3 Å². The summed E-state index contributed by atoms with van der Waals surface area (Å²) in [5, 5.41) is 26.1. The van der Waals surface area contributed by atoms with Crippen molar-refractivity contribution in [1.82, 2.24) is 10.2 Å². The molecule has 212 valence electrons. The van der Waals surface area contributed by atoms with Crippen LogP contribution in [0.5, 0.6) is 5.75 Å². The van der Waals surface area contributed by atoms with Crippen LogP contribution in [0.2, 0.25) is 0 Å². The molecule has 0 radical (unpaired) electrons. The molecule has 1 aromatic rings. The molecule has 2 fully saturated rings. The van der Waals surface area contributed by atoms with Crippen LogP contribution in [0, 0.1) is 28.1 Å². The molecule has 2 unspecified atom stereocenters. The van der Waals surface area contributed by atoms with Gasteiger partial charge in [0.2, 0.25) is 5.91 Å². The molecule has 0 spiro atoms. The van der Waals surface area contributed by atoms with Crippen LogP contribution in [0.3, 0.4) is 0 Å². The molecule has 3 aliphatic rings. The van der Waals surface area contributed by atoms with Gasteiger partial charge in [-0.05, 0) is 55.0 Å². The lowest BCUT2D eigenvalue weighted by molar-refractivity contribution is -0.203. The van der Waals surface area contributed by atoms with Gasteiger partial charge in [-0.1, -0.05) is 40.7 Å². The molecule has 6 atom stereocenters. The third-order valence-electron chi connectivity index (χ3n) is 8.94. The number of aliphatic hydroxyl groups is 1. The smallest absolute Gasteiger partial charge is 0.235 e. The number of ketones is 4. The first-order valence-electron chi connectivity index (χ1n) is 13.2. The summed E-state index contributed by atoms with van der Waals surface area (Å²) in [5.41, 5.74) is 1.31. The lowest BCUT2D eigenvalue weighted by Crippen LogP contribution is -2.79. The number of benzene rings is 1. The van der Waals surface area contributed by atoms with E-state index >= 15 is 0 Å². The van der Waals surface area contributed by atoms with Crippen molar-refractivity contribution in [3.63, 3.8) is 0 Å². The summed E-state index contributed by atoms with van der Waals surface area (Å²) >= 11 is 0. The fourth-order valence-corrected chi connectivity index (χ4v) is 7.52. The fourth-order valence-electron chi connectivity index (χ4n) is 7.52. The Hall–Kier alpha value is -2.95. The molecule has 1 aromatic carbocycles. The highest BCUT2D eigenvalue weighted by Gasteiger charge is 2.76. The van der Waals surface area contributed by atoms with Crippen LogP contribution in [0.4, 0.5) is 0 Å². The Morgan fingerprint density at radius 3 is 2.28 bits per heavy atom. The minimum atomic E-state index is -2.80. The molecule has 0 saturated heterocycles. The molecule has 3 aliphatic carbocycles. The van der Waals surface area contributed by atoms with Crippen molar-refractivity contribution in [3.8, 4) is 5.75 Å². The molecule has 0 aliphatic heterocycles. The van der Waals surface area contributed by atoms with Crippen LogP contribution in [0.15, 0.2) is 12.1 Å². The highest BCUT2D eigenvalue weighted by Crippen LogP contribution is 2.61. The van der Waals surface area contributed by atoms with Crippen molar-refractivity contribution < 1.29 is 34.2 Å². The number of carbonyl (C=O) groups is 5. The van der Waals surface area contributed by atoms with Gasteiger partial charge in [-0.15, -0.1) is 0 Å². The van der Waals surface area contributed by atoms with Crippen LogP contribution >= 0.6 is 0 Å². The molecule has 0 bridgehead atoms. The Bertz CT molecular complexity index is 1300. The maximum atomic E-state index is 14.2. The molecule has 4 rings (SSSR count). The van der Waals surface area contributed by atoms with E-state index in [1.807, 2.05) is 0 Å². The van der Waals surface area contributed by atoms with Gasteiger partial charge in [0, 0.05) is 18.5 Å². The molecule has 1 amide bonds. The zero-order valence-electron chi connectivity index (χ0n) is 23.7. The monoisotopic (exact) mass is 541 g/mol. The molecule has 10 heteroatoms. The van der Waals surface area contributed by atoms with Crippen LogP contribution in [-0.4, -0.2) is 76.4 Å². The van der Waals surface area contributed by atoms with Crippen molar-refractivity contribution in [3.05, 3.63) is 28.8 Å². The quantitative estimate of drug-likeness (QED) is 0.394. The number of phenols is 1. The van der Waals surface area contributed by atoms with Crippen LogP contribution < -0.4 is 11.1 Å². The number of carbonyl (C=O) groups excluding carboxylic acids is 5. The number of hydrogen-bond acceptors (Lipinski definition) is 9. The number of Topliss-reactive ketones (excluding diaryl/α,β-unsaturated/α-hetero) is 4. The predicted molar refractivity (Wildman–Crippen MR) is 142 cm³/mol. The number of amides is 1. The summed E-state index contributed by atoms with van der Waals surface area (Å²) in [5.74, 6) is -8.79. The lowest BCUT2D eigenvalue weighted by Gasteiger charge is -2.61. The summed E-state index contributed by atoms with van der Waals surface area (Å²) in [6, 6.07) is 1.97. The highest BCUT2D eigenvalue weighted by atomic mass is 16.3. The minimum absolute atomic E-state index is 0.00281. The molecule has 10 nitrogen and oxygen atoms in total. The second-order valence-electron chi connectivity index (χ2n) is 13.5. The number of hydrogen-bond donors (Lipinski definition) is 4. The normalized spacial score (nSPS) is 34.5. The number of rotatable bonds is 5. The van der Waals surface area contributed by atoms with Crippen LogP contribution in [-0.2, 0) is 32.1 Å². The van der Waals surface area contributed by atoms with Gasteiger partial charge < -0.3 is 21.3 Å². The zero-order valence-corrected chi connectivity index (χ0v) is 23.7. The van der Waals surface area contributed by atoms with E-state index in [1.54, 1.807) is 27.1 Å². The van der Waals surface area contributed by atoms with Gasteiger partial charge in [-0.3, -0.25) is 28.9 Å². The topological polar surface area (TPSA) is 167 Å². The van der Waals surface area contributed by atoms with Gasteiger partial charge in [0.1, 0.15) is 5.75 Å². The molecule has 2 saturated carbocycles. The SMILES string of the molecule is CN(C)[C@@H]1C(=O)C(C(N)=O)C(=O)[C@@]2(O)C(=O)C3C(=O)c4c(O)ccc(CNCC(C)(C)C)c4C[C@@]3(C)C[C@@]12C. The maximum absolute atomic E-state index is 14.2. The van der Waals surface area contributed by atoms with Gasteiger partial charge in [0.25, 0.3) is 0 Å². The fraction of sp³-hybridized carbons (Fsp3) is 0.621. The van der Waals surface area contributed by atoms with Crippen molar-refractivity contribution in [2.75, 3.05) is 20.6 Å². The van der Waals surface area contributed by atoms with E-state index in [1.165, 1.54) is 17.9 Å². The summed E-state index contributed by atoms with van der Waals surface area (Å²) in [4.78, 5) is 69.0. The van der Waals surface area contributed by atoms with Crippen LogP contribution in [0.25, 0.3) is 0 Å². The lowest BCUT2D eigenvalue weighted by atomic mass is 9.42. The van der Waals surface area contributed by atoms with Gasteiger partial charge in [-0.25, -0.2) is 0 Å². The molecule has 0 aromatic heterocycles. The first-order valence-corrected chi connectivity index (χ1v) is 13.2. The van der Waals surface area contributed by atoms with Gasteiger partial charge in [0.05, 0.1) is 17.5 Å². The standard InChI is InChI=1S/C29H39N3O7/c1-26(2,3)13-31-11-14-8-9-16(33)17-15(14)10-27(4)12-28(5)22(32(6)7)21(35)18(25(30)38)23(36)29(28,39)24(37)19(27)20(17)34/h8-9,18-19,22,31,33,39H,10-13H2,1-7H3,(H2,30,38)/t18?,19?,22-,27+,28+,29-/m1/s1. The molecule has 39 heavy (non-hydrogen) atoms. The Morgan fingerprint density at radius 2 is 1.74 bits per heavy atom. The van der Waals surface area contributed by atoms with Gasteiger partial charge >= 0.3 is 0 Å². The van der Waals surface area contributed by atoms with Gasteiger partial charge in [-0.2, -0.15) is 0 Å². The Labute approximate surface area is 228 Å². The molecular formula is C29H39N3O7. The minimum Gasteiger partial charge on any atom is -0.507 e. The van der Waals surface area contributed by atoms with E-state index in [2.05, 4.69) is 26.1 Å². The second-order valence-corrected chi connectivity index (χ2v) is 13.5. The van der Waals surface area contributed by atoms with Gasteiger partial charge in [0.15, 0.2) is 34.7 Å². The number of aromatic hydroxyl groups is 1. The molecule has 5 N–H and O–H groups in total. The summed E-state index contributed by atoms with van der Waals surface area (Å²) in [7, 11) is 3.14. The van der Waals surface area contributed by atoms with E-state index in [0.717, 1.165) is 5.56 Å². The Morgan fingerprint density at radius 1 is 1.13 bits per heavy atom. The van der Waals surface area contributed by atoms with Crippen molar-refractivity contribution in [2.45, 2.75) is 65.6 Å². The third-order valence-corrected chi connectivity index (χ3v) is 8.94. The maximum Gasteiger partial charge on any atom is 0.235 e. The Kier molecular flexibility index (Phi) is 6.73. The summed E-state index contributed by atoms with van der Waals surface area (Å²) in [6.45, 7) is 10.7. The number of primary amides is 1. The average molecular weight is 542 g/mol. The number of nitrogens with one attached hydrogen (secondary N) is 1. The number of phenolic OH excluding ortho intramolecular Hbond substituents is 1. The number of likely N-dealkylation sites (N-methyl/N-ethyl adjacent to an activating group) is 1. The van der Waals surface area contributed by atoms with E-state index in [-0.39, 0.29) is 29.6 Å². The van der Waals surface area contributed by atoms with Crippen LogP contribution in [0.1, 0.15) is 62.5 Å². The second kappa shape index (κ2) is 9.04. The van der Waals surface area contributed by atoms with E-state index in [0.29, 0.717) is 18.7 Å². The first kappa shape index (κ1) is 29.0. The number of nitrogens with zero attached hydrogens (tertiary/aromatic N) is 1.